The molecule has 2 N–H and O–H groups in total. The quantitative estimate of drug-likeness (QED) is 0.365. The second-order valence-electron chi connectivity index (χ2n) is 9.39. The molecule has 0 radical (unpaired) electrons. The van der Waals surface area contributed by atoms with E-state index in [0.717, 1.165) is 41.9 Å². The summed E-state index contributed by atoms with van der Waals surface area (Å²) in [7, 11) is -1.89. The summed E-state index contributed by atoms with van der Waals surface area (Å²) in [5, 5.41) is 8.18. The molecule has 5 rings (SSSR count). The van der Waals surface area contributed by atoms with Crippen LogP contribution in [-0.4, -0.2) is 61.9 Å². The van der Waals surface area contributed by atoms with E-state index >= 15 is 0 Å². The zero-order chi connectivity index (χ0) is 26.2. The molecule has 0 saturated carbocycles. The van der Waals surface area contributed by atoms with E-state index in [1.165, 1.54) is 23.3 Å². The Morgan fingerprint density at radius 1 is 1.19 bits per heavy atom. The van der Waals surface area contributed by atoms with E-state index < -0.39 is 10.0 Å². The molecular weight excluding hydrogens is 510 g/mol. The number of nitrogens with one attached hydrogen (secondary N) is 2. The van der Waals surface area contributed by atoms with Gasteiger partial charge in [0.1, 0.15) is 5.65 Å². The van der Waals surface area contributed by atoms with Crippen LogP contribution in [0.4, 0.5) is 23.0 Å². The Balaban J connectivity index is 1.38. The maximum absolute atomic E-state index is 12.2. The third-order valence-electron chi connectivity index (χ3n) is 6.58. The summed E-state index contributed by atoms with van der Waals surface area (Å²) in [5.74, 6) is 0.482. The maximum atomic E-state index is 12.2. The number of fused-ring (bicyclic) bond motifs is 1. The van der Waals surface area contributed by atoms with Crippen molar-refractivity contribution in [3.8, 4) is 0 Å². The second kappa shape index (κ2) is 10.2. The van der Waals surface area contributed by atoms with Crippen molar-refractivity contribution in [3.63, 3.8) is 0 Å². The minimum atomic E-state index is -3.43. The van der Waals surface area contributed by atoms with Crippen molar-refractivity contribution in [1.82, 2.24) is 19.9 Å². The van der Waals surface area contributed by atoms with Gasteiger partial charge in [-0.3, -0.25) is 4.31 Å². The Labute approximate surface area is 222 Å². The fourth-order valence-corrected chi connectivity index (χ4v) is 5.29. The van der Waals surface area contributed by atoms with Crippen LogP contribution in [0.25, 0.3) is 11.0 Å². The fourth-order valence-electron chi connectivity index (χ4n) is 4.56. The average Bonchev–Trinajstić information content (AvgIpc) is 3.25. The molecule has 0 aliphatic carbocycles. The molecule has 11 heteroatoms. The number of hydrogen-bond donors (Lipinski definition) is 2. The van der Waals surface area contributed by atoms with Crippen LogP contribution >= 0.6 is 11.6 Å². The van der Waals surface area contributed by atoms with Crippen molar-refractivity contribution in [1.29, 1.82) is 0 Å². The molecule has 2 aromatic carbocycles. The Bertz CT molecular complexity index is 1520. The molecule has 0 unspecified atom stereocenters. The Morgan fingerprint density at radius 2 is 1.97 bits per heavy atom. The molecule has 194 valence electrons. The highest BCUT2D eigenvalue weighted by atomic mass is 35.5. The topological polar surface area (TPSA) is 95.4 Å². The van der Waals surface area contributed by atoms with Crippen LogP contribution in [0, 0.1) is 0 Å². The summed E-state index contributed by atoms with van der Waals surface area (Å²) in [6.45, 7) is 5.55. The number of sulfonamides is 1. The molecule has 0 bridgehead atoms. The molecule has 1 aliphatic rings. The molecule has 37 heavy (non-hydrogen) atoms. The minimum Gasteiger partial charge on any atom is -0.369 e. The predicted molar refractivity (Wildman–Crippen MR) is 151 cm³/mol. The molecular formula is C26H30ClN7O2S. The molecule has 1 atom stereocenters. The van der Waals surface area contributed by atoms with Gasteiger partial charge in [0.05, 0.1) is 18.5 Å². The van der Waals surface area contributed by atoms with Crippen molar-refractivity contribution < 1.29 is 8.42 Å². The van der Waals surface area contributed by atoms with Gasteiger partial charge in [-0.2, -0.15) is 4.98 Å². The molecule has 2 aromatic heterocycles. The first-order valence-electron chi connectivity index (χ1n) is 12.1. The van der Waals surface area contributed by atoms with E-state index in [4.69, 9.17) is 16.6 Å². The van der Waals surface area contributed by atoms with Crippen LogP contribution in [0.3, 0.4) is 0 Å². The van der Waals surface area contributed by atoms with Crippen LogP contribution in [0.1, 0.15) is 12.5 Å². The molecule has 0 spiro atoms. The third kappa shape index (κ3) is 5.66. The number of anilines is 4. The molecule has 1 fully saturated rings. The Kier molecular flexibility index (Phi) is 6.98. The average molecular weight is 540 g/mol. The summed E-state index contributed by atoms with van der Waals surface area (Å²) in [6.07, 6.45) is 4.87. The van der Waals surface area contributed by atoms with Gasteiger partial charge in [-0.05, 0) is 61.0 Å². The molecule has 4 aromatic rings. The van der Waals surface area contributed by atoms with Crippen LogP contribution in [-0.2, 0) is 16.6 Å². The number of benzene rings is 2. The van der Waals surface area contributed by atoms with E-state index in [1.54, 1.807) is 24.4 Å². The summed E-state index contributed by atoms with van der Waals surface area (Å²) in [6, 6.07) is 15.9. The van der Waals surface area contributed by atoms with Crippen LogP contribution in [0.5, 0.6) is 0 Å². The molecule has 1 saturated heterocycles. The smallest absolute Gasteiger partial charge is 0.232 e. The highest BCUT2D eigenvalue weighted by molar-refractivity contribution is 7.92. The first-order chi connectivity index (χ1) is 17.7. The van der Waals surface area contributed by atoms with Gasteiger partial charge in [-0.15, -0.1) is 0 Å². The van der Waals surface area contributed by atoms with Crippen molar-refractivity contribution in [2.45, 2.75) is 19.5 Å². The first kappa shape index (κ1) is 25.3. The zero-order valence-electron chi connectivity index (χ0n) is 21.0. The largest absolute Gasteiger partial charge is 0.369 e. The van der Waals surface area contributed by atoms with Crippen molar-refractivity contribution >= 4 is 55.7 Å². The van der Waals surface area contributed by atoms with Gasteiger partial charge >= 0.3 is 0 Å². The lowest BCUT2D eigenvalue weighted by Crippen LogP contribution is -2.49. The van der Waals surface area contributed by atoms with Gasteiger partial charge in [0, 0.05) is 66.9 Å². The monoisotopic (exact) mass is 539 g/mol. The van der Waals surface area contributed by atoms with E-state index in [0.29, 0.717) is 29.2 Å². The number of halogens is 1. The normalized spacial score (nSPS) is 16.2. The molecule has 0 amide bonds. The van der Waals surface area contributed by atoms with Gasteiger partial charge in [-0.25, -0.2) is 13.4 Å². The van der Waals surface area contributed by atoms with E-state index in [1.807, 2.05) is 29.0 Å². The summed E-state index contributed by atoms with van der Waals surface area (Å²) in [4.78, 5) is 11.6. The Hall–Kier alpha value is -3.34. The summed E-state index contributed by atoms with van der Waals surface area (Å²) < 4.78 is 27.6. The minimum absolute atomic E-state index is 0.396. The number of aromatic nitrogens is 3. The number of hydrogen-bond acceptors (Lipinski definition) is 7. The van der Waals surface area contributed by atoms with Gasteiger partial charge < -0.3 is 20.1 Å². The van der Waals surface area contributed by atoms with E-state index in [-0.39, 0.29) is 0 Å². The summed E-state index contributed by atoms with van der Waals surface area (Å²) >= 11 is 6.26. The maximum Gasteiger partial charge on any atom is 0.232 e. The number of nitrogens with zero attached hydrogens (tertiary/aromatic N) is 5. The van der Waals surface area contributed by atoms with Gasteiger partial charge in [-0.1, -0.05) is 11.6 Å². The molecule has 9 nitrogen and oxygen atoms in total. The second-order valence-corrected chi connectivity index (χ2v) is 11.8. The van der Waals surface area contributed by atoms with Gasteiger partial charge in [0.15, 0.2) is 0 Å². The van der Waals surface area contributed by atoms with Crippen molar-refractivity contribution in [2.75, 3.05) is 47.5 Å². The van der Waals surface area contributed by atoms with Crippen molar-refractivity contribution in [3.05, 3.63) is 71.5 Å². The SMILES string of the molecule is C[C@@H]1CN(c2ccc(Nc3ncc4ccn(Cc5cc(Cl)ccc5N(C)S(C)(=O)=O)c4n3)cc2)CCN1. The van der Waals surface area contributed by atoms with Crippen LogP contribution in [0.15, 0.2) is 60.9 Å². The lowest BCUT2D eigenvalue weighted by molar-refractivity contribution is 0.485. The Morgan fingerprint density at radius 3 is 2.70 bits per heavy atom. The van der Waals surface area contributed by atoms with Gasteiger partial charge in [0.25, 0.3) is 0 Å². The molecule has 3 heterocycles. The van der Waals surface area contributed by atoms with Crippen LogP contribution < -0.4 is 19.8 Å². The first-order valence-corrected chi connectivity index (χ1v) is 14.3. The van der Waals surface area contributed by atoms with E-state index in [2.05, 4.69) is 39.6 Å². The highest BCUT2D eigenvalue weighted by Crippen LogP contribution is 2.28. The zero-order valence-corrected chi connectivity index (χ0v) is 22.6. The summed E-state index contributed by atoms with van der Waals surface area (Å²) in [5.41, 5.74) is 4.16. The van der Waals surface area contributed by atoms with Crippen LogP contribution in [0.2, 0.25) is 5.02 Å². The standard InChI is InChI=1S/C26H30ClN7O2S/c1-18-16-33(13-11-28-18)23-7-5-22(6-8-23)30-26-29-15-19-10-12-34(25(19)31-26)17-20-14-21(27)4-9-24(20)32(2)37(3,35)36/h4-10,12,14-15,18,28H,11,13,16-17H2,1-3H3,(H,29,30,31)/t18-/m1/s1. The lowest BCUT2D eigenvalue weighted by Gasteiger charge is -2.33. The van der Waals surface area contributed by atoms with E-state index in [9.17, 15) is 8.42 Å². The third-order valence-corrected chi connectivity index (χ3v) is 8.01. The van der Waals surface area contributed by atoms with Gasteiger partial charge in [0.2, 0.25) is 16.0 Å². The number of piperazine rings is 1. The molecule has 1 aliphatic heterocycles. The van der Waals surface area contributed by atoms with Crippen molar-refractivity contribution in [2.24, 2.45) is 0 Å². The number of rotatable bonds is 7. The highest BCUT2D eigenvalue weighted by Gasteiger charge is 2.18. The lowest BCUT2D eigenvalue weighted by atomic mass is 10.1. The predicted octanol–water partition coefficient (Wildman–Crippen LogP) is 4.07. The fraction of sp³-hybridized carbons (Fsp3) is 0.308.